The number of ether oxygens (including phenoxy) is 1. The van der Waals surface area contributed by atoms with Crippen LogP contribution in [0.3, 0.4) is 0 Å². The standard InChI is InChI=1S/C22H32N6O/c1-29-11-10-23-18-4-6-19(7-5-18)28-22-13-20(26-15-27-22)17-8-9-24-21(12-17)25-14-16-2-3-16/h8-9,12-13,15-16,18-19,23H,2-7,10-11,14H2,1H3,(H,24,25)(H,26,27,28). The lowest BCUT2D eigenvalue weighted by atomic mass is 9.91. The van der Waals surface area contributed by atoms with Crippen LogP contribution in [0.5, 0.6) is 0 Å². The van der Waals surface area contributed by atoms with Gasteiger partial charge in [0.15, 0.2) is 0 Å². The number of pyridine rings is 1. The summed E-state index contributed by atoms with van der Waals surface area (Å²) in [4.78, 5) is 13.4. The van der Waals surface area contributed by atoms with Gasteiger partial charge in [0.05, 0.1) is 12.3 Å². The number of aromatic nitrogens is 3. The molecule has 156 valence electrons. The van der Waals surface area contributed by atoms with Gasteiger partial charge in [0.25, 0.3) is 0 Å². The van der Waals surface area contributed by atoms with Crippen molar-refractivity contribution in [2.75, 3.05) is 37.4 Å². The molecule has 0 spiro atoms. The van der Waals surface area contributed by atoms with Gasteiger partial charge in [-0.05, 0) is 56.6 Å². The lowest BCUT2D eigenvalue weighted by Crippen LogP contribution is -2.38. The predicted molar refractivity (Wildman–Crippen MR) is 116 cm³/mol. The Labute approximate surface area is 173 Å². The fourth-order valence-corrected chi connectivity index (χ4v) is 3.87. The molecule has 7 heteroatoms. The molecule has 0 saturated heterocycles. The number of hydrogen-bond acceptors (Lipinski definition) is 7. The predicted octanol–water partition coefficient (Wildman–Crippen LogP) is 3.32. The van der Waals surface area contributed by atoms with Gasteiger partial charge in [0.1, 0.15) is 18.0 Å². The molecule has 3 N–H and O–H groups in total. The van der Waals surface area contributed by atoms with E-state index in [1.165, 1.54) is 25.7 Å². The molecule has 0 aromatic carbocycles. The average molecular weight is 397 g/mol. The molecule has 29 heavy (non-hydrogen) atoms. The van der Waals surface area contributed by atoms with Crippen molar-refractivity contribution >= 4 is 11.6 Å². The van der Waals surface area contributed by atoms with Crippen molar-refractivity contribution in [2.45, 2.75) is 50.6 Å². The van der Waals surface area contributed by atoms with E-state index in [2.05, 4.69) is 37.0 Å². The number of methoxy groups -OCH3 is 1. The summed E-state index contributed by atoms with van der Waals surface area (Å²) in [5.41, 5.74) is 1.99. The zero-order chi connectivity index (χ0) is 19.9. The normalized spacial score (nSPS) is 21.7. The van der Waals surface area contributed by atoms with E-state index >= 15 is 0 Å². The summed E-state index contributed by atoms with van der Waals surface area (Å²) in [5.74, 6) is 2.64. The highest BCUT2D eigenvalue weighted by Gasteiger charge is 2.22. The summed E-state index contributed by atoms with van der Waals surface area (Å²) in [6.07, 6.45) is 10.8. The largest absolute Gasteiger partial charge is 0.383 e. The van der Waals surface area contributed by atoms with Crippen molar-refractivity contribution in [3.8, 4) is 11.3 Å². The Kier molecular flexibility index (Phi) is 6.90. The van der Waals surface area contributed by atoms with Crippen molar-refractivity contribution < 1.29 is 4.74 Å². The highest BCUT2D eigenvalue weighted by molar-refractivity contribution is 5.65. The molecule has 7 nitrogen and oxygen atoms in total. The monoisotopic (exact) mass is 396 g/mol. The second-order valence-electron chi connectivity index (χ2n) is 8.18. The molecule has 0 amide bonds. The molecule has 2 aromatic rings. The third kappa shape index (κ3) is 6.11. The quantitative estimate of drug-likeness (QED) is 0.531. The Morgan fingerprint density at radius 3 is 2.59 bits per heavy atom. The molecule has 4 rings (SSSR count). The molecule has 2 aliphatic carbocycles. The van der Waals surface area contributed by atoms with Crippen LogP contribution >= 0.6 is 0 Å². The number of hydrogen-bond donors (Lipinski definition) is 3. The summed E-state index contributed by atoms with van der Waals surface area (Å²) in [6, 6.07) is 7.19. The van der Waals surface area contributed by atoms with E-state index in [0.717, 1.165) is 61.3 Å². The fraction of sp³-hybridized carbons (Fsp3) is 0.591. The van der Waals surface area contributed by atoms with Gasteiger partial charge in [-0.1, -0.05) is 0 Å². The third-order valence-electron chi connectivity index (χ3n) is 5.81. The first-order valence-electron chi connectivity index (χ1n) is 10.8. The van der Waals surface area contributed by atoms with E-state index in [9.17, 15) is 0 Å². The summed E-state index contributed by atoms with van der Waals surface area (Å²) in [5, 5.41) is 10.6. The average Bonchev–Trinajstić information content (AvgIpc) is 3.59. The van der Waals surface area contributed by atoms with Gasteiger partial charge in [-0.25, -0.2) is 15.0 Å². The zero-order valence-electron chi connectivity index (χ0n) is 17.2. The van der Waals surface area contributed by atoms with Crippen LogP contribution in [-0.2, 0) is 4.74 Å². The van der Waals surface area contributed by atoms with Crippen molar-refractivity contribution in [1.29, 1.82) is 0 Å². The van der Waals surface area contributed by atoms with E-state index in [4.69, 9.17) is 4.74 Å². The maximum atomic E-state index is 5.12. The topological polar surface area (TPSA) is 84.0 Å². The van der Waals surface area contributed by atoms with Gasteiger partial charge in [-0.2, -0.15) is 0 Å². The number of nitrogens with zero attached hydrogens (tertiary/aromatic N) is 3. The summed E-state index contributed by atoms with van der Waals surface area (Å²) in [7, 11) is 1.75. The van der Waals surface area contributed by atoms with Crippen molar-refractivity contribution in [3.63, 3.8) is 0 Å². The van der Waals surface area contributed by atoms with E-state index in [-0.39, 0.29) is 0 Å². The van der Waals surface area contributed by atoms with Crippen LogP contribution in [0.4, 0.5) is 11.6 Å². The van der Waals surface area contributed by atoms with Gasteiger partial charge in [-0.3, -0.25) is 0 Å². The third-order valence-corrected chi connectivity index (χ3v) is 5.81. The number of nitrogens with one attached hydrogen (secondary N) is 3. The summed E-state index contributed by atoms with van der Waals surface area (Å²) >= 11 is 0. The molecule has 2 saturated carbocycles. The van der Waals surface area contributed by atoms with E-state index < -0.39 is 0 Å². The summed E-state index contributed by atoms with van der Waals surface area (Å²) in [6.45, 7) is 2.71. The molecular formula is C22H32N6O. The Morgan fingerprint density at radius 2 is 1.79 bits per heavy atom. The van der Waals surface area contributed by atoms with E-state index in [0.29, 0.717) is 12.1 Å². The van der Waals surface area contributed by atoms with Crippen LogP contribution in [0.25, 0.3) is 11.3 Å². The SMILES string of the molecule is COCCNC1CCC(Nc2cc(-c3ccnc(NCC4CC4)c3)ncn2)CC1. The minimum absolute atomic E-state index is 0.464. The first kappa shape index (κ1) is 20.0. The molecular weight excluding hydrogens is 364 g/mol. The molecule has 2 fully saturated rings. The van der Waals surface area contributed by atoms with Crippen molar-refractivity contribution in [2.24, 2.45) is 5.92 Å². The van der Waals surface area contributed by atoms with Crippen LogP contribution in [0.1, 0.15) is 38.5 Å². The van der Waals surface area contributed by atoms with Crippen molar-refractivity contribution in [3.05, 3.63) is 30.7 Å². The molecule has 0 atom stereocenters. The first-order valence-corrected chi connectivity index (χ1v) is 10.8. The van der Waals surface area contributed by atoms with Gasteiger partial charge in [-0.15, -0.1) is 0 Å². The lowest BCUT2D eigenvalue weighted by molar-refractivity contribution is 0.191. The molecule has 0 aliphatic heterocycles. The lowest BCUT2D eigenvalue weighted by Gasteiger charge is -2.30. The van der Waals surface area contributed by atoms with Crippen LogP contribution in [0.15, 0.2) is 30.7 Å². The first-order chi connectivity index (χ1) is 14.3. The molecule has 2 aliphatic rings. The minimum atomic E-state index is 0.464. The highest BCUT2D eigenvalue weighted by atomic mass is 16.5. The van der Waals surface area contributed by atoms with Crippen LogP contribution in [-0.4, -0.2) is 53.8 Å². The Bertz CT molecular complexity index is 773. The molecule has 0 unspecified atom stereocenters. The van der Waals surface area contributed by atoms with Gasteiger partial charge in [0, 0.05) is 50.1 Å². The Hall–Kier alpha value is -2.25. The van der Waals surface area contributed by atoms with Crippen LogP contribution in [0, 0.1) is 5.92 Å². The van der Waals surface area contributed by atoms with E-state index in [1.807, 2.05) is 18.3 Å². The smallest absolute Gasteiger partial charge is 0.130 e. The fourth-order valence-electron chi connectivity index (χ4n) is 3.87. The van der Waals surface area contributed by atoms with Crippen LogP contribution < -0.4 is 16.0 Å². The van der Waals surface area contributed by atoms with Gasteiger partial charge >= 0.3 is 0 Å². The number of anilines is 2. The van der Waals surface area contributed by atoms with Gasteiger partial charge < -0.3 is 20.7 Å². The Balaban J connectivity index is 1.31. The van der Waals surface area contributed by atoms with Crippen molar-refractivity contribution in [1.82, 2.24) is 20.3 Å². The minimum Gasteiger partial charge on any atom is -0.383 e. The second kappa shape index (κ2) is 9.98. The molecule has 2 aromatic heterocycles. The molecule has 2 heterocycles. The zero-order valence-corrected chi connectivity index (χ0v) is 17.2. The highest BCUT2D eigenvalue weighted by Crippen LogP contribution is 2.29. The van der Waals surface area contributed by atoms with E-state index in [1.54, 1.807) is 13.4 Å². The summed E-state index contributed by atoms with van der Waals surface area (Å²) < 4.78 is 5.12. The maximum absolute atomic E-state index is 5.12. The Morgan fingerprint density at radius 1 is 0.966 bits per heavy atom. The molecule has 0 bridgehead atoms. The second-order valence-corrected chi connectivity index (χ2v) is 8.18. The number of rotatable bonds is 10. The maximum Gasteiger partial charge on any atom is 0.130 e. The van der Waals surface area contributed by atoms with Crippen LogP contribution in [0.2, 0.25) is 0 Å². The molecule has 0 radical (unpaired) electrons. The van der Waals surface area contributed by atoms with Gasteiger partial charge in [0.2, 0.25) is 0 Å².